The lowest BCUT2D eigenvalue weighted by Gasteiger charge is -2.18. The van der Waals surface area contributed by atoms with Gasteiger partial charge in [-0.15, -0.1) is 11.3 Å². The van der Waals surface area contributed by atoms with Crippen LogP contribution in [0.3, 0.4) is 0 Å². The standard InChI is InChI=1S/C11H12N2OS/c1-6-3-2-4-7-8(6)9-10(14)12-5-13-11(9)15-7/h5-6H,2-4H2,1H3,(H,12,13,14)/t6-/m0/s1. The Morgan fingerprint density at radius 3 is 3.33 bits per heavy atom. The van der Waals surface area contributed by atoms with Gasteiger partial charge in [0.15, 0.2) is 0 Å². The minimum atomic E-state index is 0.0197. The zero-order valence-corrected chi connectivity index (χ0v) is 9.36. The third-order valence-electron chi connectivity index (χ3n) is 3.14. The molecule has 3 rings (SSSR count). The highest BCUT2D eigenvalue weighted by Crippen LogP contribution is 2.39. The zero-order valence-electron chi connectivity index (χ0n) is 8.54. The maximum atomic E-state index is 11.8. The van der Waals surface area contributed by atoms with Crippen molar-refractivity contribution in [3.63, 3.8) is 0 Å². The number of H-pyrrole nitrogens is 1. The maximum Gasteiger partial charge on any atom is 0.259 e. The van der Waals surface area contributed by atoms with Crippen molar-refractivity contribution in [1.29, 1.82) is 0 Å². The van der Waals surface area contributed by atoms with E-state index in [1.54, 1.807) is 11.3 Å². The molecule has 15 heavy (non-hydrogen) atoms. The fourth-order valence-corrected chi connectivity index (χ4v) is 3.73. The Labute approximate surface area is 91.2 Å². The van der Waals surface area contributed by atoms with Crippen molar-refractivity contribution in [3.8, 4) is 0 Å². The second-order valence-electron chi connectivity index (χ2n) is 4.14. The molecule has 2 aromatic rings. The maximum absolute atomic E-state index is 11.8. The molecule has 0 saturated carbocycles. The smallest absolute Gasteiger partial charge is 0.259 e. The highest BCUT2D eigenvalue weighted by molar-refractivity contribution is 7.18. The molecular formula is C11H12N2OS. The summed E-state index contributed by atoms with van der Waals surface area (Å²) in [7, 11) is 0. The lowest BCUT2D eigenvalue weighted by atomic mass is 9.88. The van der Waals surface area contributed by atoms with Crippen LogP contribution in [0, 0.1) is 0 Å². The molecule has 0 aromatic carbocycles. The van der Waals surface area contributed by atoms with Gasteiger partial charge in [0.05, 0.1) is 11.7 Å². The highest BCUT2D eigenvalue weighted by Gasteiger charge is 2.23. The van der Waals surface area contributed by atoms with E-state index in [1.807, 2.05) is 0 Å². The van der Waals surface area contributed by atoms with Gasteiger partial charge in [-0.05, 0) is 30.7 Å². The first kappa shape index (κ1) is 9.09. The SMILES string of the molecule is C[C@H]1CCCc2sc3nc[nH]c(=O)c3c21. The van der Waals surface area contributed by atoms with Gasteiger partial charge in [0, 0.05) is 4.88 Å². The lowest BCUT2D eigenvalue weighted by Crippen LogP contribution is -2.10. The van der Waals surface area contributed by atoms with Gasteiger partial charge in [0.25, 0.3) is 5.56 Å². The van der Waals surface area contributed by atoms with Gasteiger partial charge < -0.3 is 4.98 Å². The van der Waals surface area contributed by atoms with E-state index in [4.69, 9.17) is 0 Å². The van der Waals surface area contributed by atoms with Crippen LogP contribution in [0.1, 0.15) is 36.1 Å². The quantitative estimate of drug-likeness (QED) is 0.741. The van der Waals surface area contributed by atoms with E-state index in [2.05, 4.69) is 16.9 Å². The molecular weight excluding hydrogens is 208 g/mol. The Morgan fingerprint density at radius 1 is 1.60 bits per heavy atom. The number of aryl methyl sites for hydroxylation is 1. The molecule has 0 spiro atoms. The van der Waals surface area contributed by atoms with Gasteiger partial charge in [0.1, 0.15) is 4.83 Å². The van der Waals surface area contributed by atoms with Gasteiger partial charge in [-0.2, -0.15) is 0 Å². The number of hydrogen-bond donors (Lipinski definition) is 1. The third kappa shape index (κ3) is 1.24. The van der Waals surface area contributed by atoms with Crippen LogP contribution in [-0.2, 0) is 6.42 Å². The summed E-state index contributed by atoms with van der Waals surface area (Å²) in [5, 5.41) is 0.838. The number of hydrogen-bond acceptors (Lipinski definition) is 3. The molecule has 0 radical (unpaired) electrons. The summed E-state index contributed by atoms with van der Waals surface area (Å²) < 4.78 is 0. The van der Waals surface area contributed by atoms with E-state index in [1.165, 1.54) is 29.6 Å². The fourth-order valence-electron chi connectivity index (χ4n) is 2.43. The lowest BCUT2D eigenvalue weighted by molar-refractivity contribution is 0.601. The van der Waals surface area contributed by atoms with Crippen LogP contribution in [0.5, 0.6) is 0 Å². The first-order valence-electron chi connectivity index (χ1n) is 5.26. The summed E-state index contributed by atoms with van der Waals surface area (Å²) in [6, 6.07) is 0. The van der Waals surface area contributed by atoms with Crippen molar-refractivity contribution in [2.75, 3.05) is 0 Å². The number of rotatable bonds is 0. The van der Waals surface area contributed by atoms with Gasteiger partial charge >= 0.3 is 0 Å². The number of fused-ring (bicyclic) bond motifs is 3. The summed E-state index contributed by atoms with van der Waals surface area (Å²) in [4.78, 5) is 21.0. The second kappa shape index (κ2) is 3.17. The molecule has 0 saturated heterocycles. The molecule has 2 aromatic heterocycles. The number of nitrogens with one attached hydrogen (secondary N) is 1. The van der Waals surface area contributed by atoms with E-state index in [9.17, 15) is 4.79 Å². The molecule has 1 aliphatic rings. The van der Waals surface area contributed by atoms with Crippen LogP contribution in [-0.4, -0.2) is 9.97 Å². The molecule has 2 heterocycles. The summed E-state index contributed by atoms with van der Waals surface area (Å²) in [6.07, 6.45) is 5.03. The topological polar surface area (TPSA) is 45.8 Å². The van der Waals surface area contributed by atoms with E-state index >= 15 is 0 Å². The van der Waals surface area contributed by atoms with Crippen LogP contribution >= 0.6 is 11.3 Å². The predicted molar refractivity (Wildman–Crippen MR) is 61.6 cm³/mol. The molecule has 78 valence electrons. The summed E-state index contributed by atoms with van der Waals surface area (Å²) in [5.41, 5.74) is 1.28. The van der Waals surface area contributed by atoms with Crippen LogP contribution in [0.15, 0.2) is 11.1 Å². The molecule has 0 unspecified atom stereocenters. The number of aromatic nitrogens is 2. The van der Waals surface area contributed by atoms with Crippen LogP contribution in [0.25, 0.3) is 10.2 Å². The van der Waals surface area contributed by atoms with Crippen molar-refractivity contribution in [3.05, 3.63) is 27.1 Å². The van der Waals surface area contributed by atoms with Crippen molar-refractivity contribution in [1.82, 2.24) is 9.97 Å². The molecule has 1 N–H and O–H groups in total. The highest BCUT2D eigenvalue weighted by atomic mass is 32.1. The second-order valence-corrected chi connectivity index (χ2v) is 5.23. The summed E-state index contributed by atoms with van der Waals surface area (Å²) in [5.74, 6) is 0.507. The van der Waals surface area contributed by atoms with Gasteiger partial charge in [-0.25, -0.2) is 4.98 Å². The van der Waals surface area contributed by atoms with E-state index in [0.29, 0.717) is 5.92 Å². The predicted octanol–water partition coefficient (Wildman–Crippen LogP) is 2.42. The third-order valence-corrected chi connectivity index (χ3v) is 4.32. The Hall–Kier alpha value is -1.16. The normalized spacial score (nSPS) is 20.5. The van der Waals surface area contributed by atoms with Crippen LogP contribution in [0.2, 0.25) is 0 Å². The molecule has 1 aliphatic carbocycles. The zero-order chi connectivity index (χ0) is 10.4. The average Bonchev–Trinajstić information content (AvgIpc) is 2.58. The van der Waals surface area contributed by atoms with E-state index in [-0.39, 0.29) is 5.56 Å². The number of aromatic amines is 1. The molecule has 0 fully saturated rings. The minimum absolute atomic E-state index is 0.0197. The largest absolute Gasteiger partial charge is 0.313 e. The Kier molecular flexibility index (Phi) is 1.92. The van der Waals surface area contributed by atoms with E-state index < -0.39 is 0 Å². The summed E-state index contributed by atoms with van der Waals surface area (Å²) in [6.45, 7) is 2.20. The Bertz CT molecular complexity index is 569. The van der Waals surface area contributed by atoms with Gasteiger partial charge in [0.2, 0.25) is 0 Å². The molecule has 0 amide bonds. The first-order chi connectivity index (χ1) is 7.27. The van der Waals surface area contributed by atoms with Crippen molar-refractivity contribution >= 4 is 21.6 Å². The number of nitrogens with zero attached hydrogens (tertiary/aromatic N) is 1. The Balaban J connectivity index is 2.44. The van der Waals surface area contributed by atoms with Gasteiger partial charge in [-0.3, -0.25) is 4.79 Å². The average molecular weight is 220 g/mol. The summed E-state index contributed by atoms with van der Waals surface area (Å²) >= 11 is 1.69. The van der Waals surface area contributed by atoms with Crippen molar-refractivity contribution < 1.29 is 0 Å². The minimum Gasteiger partial charge on any atom is -0.313 e. The van der Waals surface area contributed by atoms with Crippen LogP contribution in [0.4, 0.5) is 0 Å². The monoisotopic (exact) mass is 220 g/mol. The number of thiophene rings is 1. The molecule has 1 atom stereocenters. The molecule has 0 bridgehead atoms. The Morgan fingerprint density at radius 2 is 2.47 bits per heavy atom. The van der Waals surface area contributed by atoms with Crippen LogP contribution < -0.4 is 5.56 Å². The van der Waals surface area contributed by atoms with Crippen molar-refractivity contribution in [2.45, 2.75) is 32.1 Å². The molecule has 0 aliphatic heterocycles. The fraction of sp³-hybridized carbons (Fsp3) is 0.455. The first-order valence-corrected chi connectivity index (χ1v) is 6.08. The van der Waals surface area contributed by atoms with E-state index in [0.717, 1.165) is 16.6 Å². The molecule has 3 nitrogen and oxygen atoms in total. The van der Waals surface area contributed by atoms with Gasteiger partial charge in [-0.1, -0.05) is 6.92 Å². The van der Waals surface area contributed by atoms with Crippen molar-refractivity contribution in [2.24, 2.45) is 0 Å². The molecule has 4 heteroatoms.